The van der Waals surface area contributed by atoms with Crippen LogP contribution < -0.4 is 5.69 Å². The molecule has 110 valence electrons. The Kier molecular flexibility index (Phi) is 4.21. The van der Waals surface area contributed by atoms with Crippen LogP contribution in [0.2, 0.25) is 0 Å². The van der Waals surface area contributed by atoms with Crippen LogP contribution in [-0.2, 0) is 11.2 Å². The van der Waals surface area contributed by atoms with Gasteiger partial charge in [0.15, 0.2) is 0 Å². The Hall–Kier alpha value is -2.43. The molecule has 0 radical (unpaired) electrons. The van der Waals surface area contributed by atoms with Gasteiger partial charge in [0.1, 0.15) is 0 Å². The van der Waals surface area contributed by atoms with E-state index in [0.717, 1.165) is 5.56 Å². The van der Waals surface area contributed by atoms with Gasteiger partial charge in [0.05, 0.1) is 12.5 Å². The summed E-state index contributed by atoms with van der Waals surface area (Å²) in [7, 11) is 0. The van der Waals surface area contributed by atoms with Crippen LogP contribution in [0.25, 0.3) is 0 Å². The number of hydrogen-bond donors (Lipinski definition) is 1. The highest BCUT2D eigenvalue weighted by atomic mass is 16.4. The van der Waals surface area contributed by atoms with Crippen molar-refractivity contribution in [2.75, 3.05) is 0 Å². The first kappa shape index (κ1) is 15.0. The number of rotatable bonds is 4. The zero-order valence-corrected chi connectivity index (χ0v) is 12.3. The molecule has 0 bridgehead atoms. The topological polar surface area (TPSA) is 72.2 Å². The van der Waals surface area contributed by atoms with Gasteiger partial charge in [-0.15, -0.1) is 0 Å². The van der Waals surface area contributed by atoms with Gasteiger partial charge >= 0.3 is 11.7 Å². The lowest BCUT2D eigenvalue weighted by Crippen LogP contribution is -2.31. The first-order valence-corrected chi connectivity index (χ1v) is 6.77. The number of aryl methyl sites for hydroxylation is 1. The van der Waals surface area contributed by atoms with Crippen LogP contribution in [-0.4, -0.2) is 20.6 Å². The molecular weight excluding hydrogens is 268 g/mol. The van der Waals surface area contributed by atoms with Crippen LogP contribution in [0.5, 0.6) is 0 Å². The van der Waals surface area contributed by atoms with Gasteiger partial charge in [-0.25, -0.2) is 4.79 Å². The van der Waals surface area contributed by atoms with E-state index in [1.54, 1.807) is 18.4 Å². The van der Waals surface area contributed by atoms with E-state index >= 15 is 0 Å². The minimum atomic E-state index is -0.930. The number of hydrogen-bond acceptors (Lipinski definition) is 3. The van der Waals surface area contributed by atoms with Crippen molar-refractivity contribution < 1.29 is 9.90 Å². The molecule has 0 fully saturated rings. The lowest BCUT2D eigenvalue weighted by molar-refractivity contribution is -0.136. The summed E-state index contributed by atoms with van der Waals surface area (Å²) in [6.07, 6.45) is -0.132. The van der Waals surface area contributed by atoms with Crippen LogP contribution in [0.15, 0.2) is 35.1 Å². The predicted molar refractivity (Wildman–Crippen MR) is 79.6 cm³/mol. The number of aromatic nitrogens is 2. The van der Waals surface area contributed by atoms with Crippen molar-refractivity contribution in [3.8, 4) is 0 Å². The minimum Gasteiger partial charge on any atom is -0.481 e. The predicted octanol–water partition coefficient (Wildman–Crippen LogP) is 2.10. The summed E-state index contributed by atoms with van der Waals surface area (Å²) in [6.45, 7) is 5.35. The summed E-state index contributed by atoms with van der Waals surface area (Å²) in [5.74, 6) is -0.930. The molecule has 1 aromatic heterocycles. The van der Waals surface area contributed by atoms with E-state index in [1.807, 2.05) is 37.3 Å². The molecule has 1 aromatic carbocycles. The molecule has 0 aliphatic carbocycles. The molecule has 1 N–H and O–H groups in total. The first-order valence-electron chi connectivity index (χ1n) is 6.77. The Labute approximate surface area is 122 Å². The summed E-state index contributed by atoms with van der Waals surface area (Å²) in [4.78, 5) is 27.2. The fraction of sp³-hybridized carbons (Fsp3) is 0.312. The van der Waals surface area contributed by atoms with Crippen LogP contribution >= 0.6 is 0 Å². The van der Waals surface area contributed by atoms with Gasteiger partial charge in [0.25, 0.3) is 0 Å². The highest BCUT2D eigenvalue weighted by Crippen LogP contribution is 2.20. The standard InChI is InChI=1S/C16H18N2O3/c1-10-14(9-15(19)20)12(3)18(16(21)17-10)11(2)13-7-5-4-6-8-13/h4-8,11H,9H2,1-3H3,(H,19,20). The molecule has 2 rings (SSSR count). The fourth-order valence-electron chi connectivity index (χ4n) is 2.56. The molecule has 21 heavy (non-hydrogen) atoms. The lowest BCUT2D eigenvalue weighted by Gasteiger charge is -2.20. The maximum absolute atomic E-state index is 12.2. The maximum atomic E-state index is 12.2. The molecule has 0 spiro atoms. The monoisotopic (exact) mass is 286 g/mol. The summed E-state index contributed by atoms with van der Waals surface area (Å²) >= 11 is 0. The van der Waals surface area contributed by atoms with Crippen molar-refractivity contribution in [3.05, 3.63) is 63.3 Å². The van der Waals surface area contributed by atoms with Gasteiger partial charge in [0.2, 0.25) is 0 Å². The molecule has 0 saturated carbocycles. The average Bonchev–Trinajstić information content (AvgIpc) is 2.44. The van der Waals surface area contributed by atoms with Crippen molar-refractivity contribution in [2.24, 2.45) is 0 Å². The Morgan fingerprint density at radius 3 is 2.48 bits per heavy atom. The maximum Gasteiger partial charge on any atom is 0.348 e. The van der Waals surface area contributed by atoms with Crippen LogP contribution in [0.1, 0.15) is 35.5 Å². The van der Waals surface area contributed by atoms with Gasteiger partial charge in [0, 0.05) is 17.0 Å². The highest BCUT2D eigenvalue weighted by Gasteiger charge is 2.18. The van der Waals surface area contributed by atoms with Crippen molar-refractivity contribution in [2.45, 2.75) is 33.2 Å². The van der Waals surface area contributed by atoms with Gasteiger partial charge in [-0.1, -0.05) is 30.3 Å². The second-order valence-electron chi connectivity index (χ2n) is 5.07. The molecule has 0 amide bonds. The second-order valence-corrected chi connectivity index (χ2v) is 5.07. The van der Waals surface area contributed by atoms with Gasteiger partial charge in [-0.3, -0.25) is 9.36 Å². The molecule has 1 unspecified atom stereocenters. The van der Waals surface area contributed by atoms with E-state index < -0.39 is 5.97 Å². The Morgan fingerprint density at radius 1 is 1.29 bits per heavy atom. The third-order valence-electron chi connectivity index (χ3n) is 3.70. The van der Waals surface area contributed by atoms with Crippen molar-refractivity contribution >= 4 is 5.97 Å². The Balaban J connectivity index is 2.58. The Bertz CT molecular complexity index is 720. The number of carboxylic acids is 1. The van der Waals surface area contributed by atoms with Gasteiger partial charge < -0.3 is 5.11 Å². The lowest BCUT2D eigenvalue weighted by atomic mass is 10.1. The van der Waals surface area contributed by atoms with Gasteiger partial charge in [-0.05, 0) is 26.3 Å². The fourth-order valence-corrected chi connectivity index (χ4v) is 2.56. The van der Waals surface area contributed by atoms with E-state index in [4.69, 9.17) is 5.11 Å². The van der Waals surface area contributed by atoms with Crippen molar-refractivity contribution in [3.63, 3.8) is 0 Å². The molecule has 5 heteroatoms. The minimum absolute atomic E-state index is 0.132. The quantitative estimate of drug-likeness (QED) is 0.934. The molecule has 0 aliphatic rings. The summed E-state index contributed by atoms with van der Waals surface area (Å²) in [5, 5.41) is 9.02. The van der Waals surface area contributed by atoms with Crippen LogP contribution in [0.4, 0.5) is 0 Å². The van der Waals surface area contributed by atoms with Crippen molar-refractivity contribution in [1.29, 1.82) is 0 Å². The molecule has 0 saturated heterocycles. The molecule has 5 nitrogen and oxygen atoms in total. The highest BCUT2D eigenvalue weighted by molar-refractivity contribution is 5.70. The summed E-state index contributed by atoms with van der Waals surface area (Å²) in [5.41, 5.74) is 2.37. The zero-order valence-electron chi connectivity index (χ0n) is 12.3. The Morgan fingerprint density at radius 2 is 1.90 bits per heavy atom. The summed E-state index contributed by atoms with van der Waals surface area (Å²) < 4.78 is 1.56. The molecule has 2 aromatic rings. The van der Waals surface area contributed by atoms with E-state index in [-0.39, 0.29) is 18.2 Å². The zero-order chi connectivity index (χ0) is 15.6. The normalized spacial score (nSPS) is 12.1. The molecule has 1 heterocycles. The molecule has 0 aliphatic heterocycles. The third-order valence-corrected chi connectivity index (χ3v) is 3.70. The molecular formula is C16H18N2O3. The van der Waals surface area contributed by atoms with E-state index in [2.05, 4.69) is 4.98 Å². The number of benzene rings is 1. The van der Waals surface area contributed by atoms with E-state index in [1.165, 1.54) is 0 Å². The third kappa shape index (κ3) is 3.02. The van der Waals surface area contributed by atoms with E-state index in [9.17, 15) is 9.59 Å². The van der Waals surface area contributed by atoms with E-state index in [0.29, 0.717) is 17.0 Å². The molecule has 1 atom stereocenters. The SMILES string of the molecule is Cc1nc(=O)n(C(C)c2ccccc2)c(C)c1CC(=O)O. The largest absolute Gasteiger partial charge is 0.481 e. The smallest absolute Gasteiger partial charge is 0.348 e. The van der Waals surface area contributed by atoms with Crippen LogP contribution in [0, 0.1) is 13.8 Å². The number of nitrogens with zero attached hydrogens (tertiary/aromatic N) is 2. The van der Waals surface area contributed by atoms with Crippen molar-refractivity contribution in [1.82, 2.24) is 9.55 Å². The number of carboxylic acid groups (broad SMARTS) is 1. The number of carbonyl (C=O) groups is 1. The second kappa shape index (κ2) is 5.91. The summed E-state index contributed by atoms with van der Waals surface area (Å²) in [6, 6.07) is 9.41. The average molecular weight is 286 g/mol. The van der Waals surface area contributed by atoms with Crippen LogP contribution in [0.3, 0.4) is 0 Å². The number of aliphatic carboxylic acids is 1. The first-order chi connectivity index (χ1) is 9.91. The van der Waals surface area contributed by atoms with Gasteiger partial charge in [-0.2, -0.15) is 4.98 Å².